The summed E-state index contributed by atoms with van der Waals surface area (Å²) in [5, 5.41) is 9.48. The average molecular weight is 237 g/mol. The molecule has 4 saturated carbocycles. The summed E-state index contributed by atoms with van der Waals surface area (Å²) >= 11 is 0. The van der Waals surface area contributed by atoms with E-state index in [1.807, 2.05) is 0 Å². The van der Waals surface area contributed by atoms with E-state index < -0.39 is 16.8 Å². The third kappa shape index (κ3) is 1.36. The molecule has 4 fully saturated rings. The van der Waals surface area contributed by atoms with Gasteiger partial charge in [0.05, 0.1) is 17.9 Å². The van der Waals surface area contributed by atoms with Crippen LogP contribution in [0, 0.1) is 22.7 Å². The number of carboxylic acids is 1. The lowest BCUT2D eigenvalue weighted by molar-refractivity contribution is -0.178. The molecule has 0 aromatic heterocycles. The van der Waals surface area contributed by atoms with Crippen LogP contribution in [0.1, 0.15) is 38.5 Å². The zero-order valence-electron chi connectivity index (χ0n) is 9.99. The van der Waals surface area contributed by atoms with Crippen LogP contribution in [0.4, 0.5) is 0 Å². The van der Waals surface area contributed by atoms with Gasteiger partial charge in [-0.25, -0.2) is 0 Å². The second-order valence-electron chi connectivity index (χ2n) is 6.12. The molecule has 4 aliphatic rings. The Kier molecular flexibility index (Phi) is 2.11. The van der Waals surface area contributed by atoms with E-state index in [1.165, 1.54) is 13.0 Å². The highest BCUT2D eigenvalue weighted by Gasteiger charge is 2.64. The van der Waals surface area contributed by atoms with Crippen molar-refractivity contribution in [3.05, 3.63) is 5.92 Å². The van der Waals surface area contributed by atoms with Gasteiger partial charge in [0.15, 0.2) is 0 Å². The van der Waals surface area contributed by atoms with E-state index in [4.69, 9.17) is 4.74 Å². The van der Waals surface area contributed by atoms with Gasteiger partial charge < -0.3 is 9.84 Å². The first kappa shape index (κ1) is 11.1. The monoisotopic (exact) mass is 237 g/mol. The van der Waals surface area contributed by atoms with E-state index in [9.17, 15) is 14.7 Å². The van der Waals surface area contributed by atoms with Crippen molar-refractivity contribution < 1.29 is 19.4 Å². The minimum Gasteiger partial charge on any atom is -0.481 e. The Hall–Kier alpha value is -1.06. The zero-order valence-corrected chi connectivity index (χ0v) is 9.99. The van der Waals surface area contributed by atoms with Gasteiger partial charge in [0.1, 0.15) is 0 Å². The minimum atomic E-state index is -0.729. The lowest BCUT2D eigenvalue weighted by Crippen LogP contribution is -2.57. The summed E-state index contributed by atoms with van der Waals surface area (Å²) in [7, 11) is 1.40. The first-order valence-corrected chi connectivity index (χ1v) is 6.15. The molecular formula is C13H17O4. The van der Waals surface area contributed by atoms with E-state index in [2.05, 4.69) is 0 Å². The van der Waals surface area contributed by atoms with Crippen LogP contribution in [0.5, 0.6) is 0 Å². The molecule has 0 aliphatic heterocycles. The molecule has 0 spiro atoms. The third-order valence-electron chi connectivity index (χ3n) is 4.86. The van der Waals surface area contributed by atoms with Gasteiger partial charge in [0, 0.05) is 0 Å². The third-order valence-corrected chi connectivity index (χ3v) is 4.86. The highest BCUT2D eigenvalue weighted by molar-refractivity contribution is 5.82. The molecule has 4 rings (SSSR count). The molecule has 3 atom stereocenters. The van der Waals surface area contributed by atoms with Crippen LogP contribution in [0.15, 0.2) is 0 Å². The van der Waals surface area contributed by atoms with Crippen LogP contribution < -0.4 is 0 Å². The number of carbonyl (C=O) groups is 2. The van der Waals surface area contributed by atoms with Crippen molar-refractivity contribution in [2.45, 2.75) is 38.5 Å². The van der Waals surface area contributed by atoms with Gasteiger partial charge in [-0.1, -0.05) is 0 Å². The molecule has 0 heterocycles. The summed E-state index contributed by atoms with van der Waals surface area (Å²) in [5.41, 5.74) is -1.20. The van der Waals surface area contributed by atoms with Gasteiger partial charge in [-0.05, 0) is 50.4 Å². The van der Waals surface area contributed by atoms with Crippen LogP contribution in [0.3, 0.4) is 0 Å². The van der Waals surface area contributed by atoms with E-state index in [1.54, 1.807) is 0 Å². The molecule has 1 N–H and O–H groups in total. The molecule has 4 bridgehead atoms. The molecule has 0 amide bonds. The topological polar surface area (TPSA) is 63.6 Å². The first-order chi connectivity index (χ1) is 8.00. The Bertz CT molecular complexity index is 373. The maximum atomic E-state index is 12.0. The fraction of sp³-hybridized carbons (Fsp3) is 0.769. The predicted molar refractivity (Wildman–Crippen MR) is 59.0 cm³/mol. The molecule has 0 aromatic carbocycles. The van der Waals surface area contributed by atoms with E-state index >= 15 is 0 Å². The summed E-state index contributed by atoms with van der Waals surface area (Å²) in [6.07, 6.45) is 4.49. The van der Waals surface area contributed by atoms with Gasteiger partial charge in [-0.2, -0.15) is 0 Å². The zero-order chi connectivity index (χ0) is 12.3. The fourth-order valence-electron chi connectivity index (χ4n) is 4.64. The van der Waals surface area contributed by atoms with Crippen LogP contribution in [0.25, 0.3) is 0 Å². The molecule has 4 heteroatoms. The van der Waals surface area contributed by atoms with Crippen molar-refractivity contribution in [2.75, 3.05) is 7.11 Å². The number of carbonyl (C=O) groups excluding carboxylic acids is 1. The SMILES string of the molecule is COC(=O)C12C[C]3CC(CC(C(=O)O)(C3)C1)C2. The van der Waals surface area contributed by atoms with Crippen LogP contribution >= 0.6 is 0 Å². The van der Waals surface area contributed by atoms with Crippen LogP contribution in [-0.2, 0) is 14.3 Å². The lowest BCUT2D eigenvalue weighted by atomic mass is 9.44. The summed E-state index contributed by atoms with van der Waals surface area (Å²) < 4.78 is 4.91. The number of carboxylic acid groups (broad SMARTS) is 1. The summed E-state index contributed by atoms with van der Waals surface area (Å²) in [6.45, 7) is 0. The first-order valence-electron chi connectivity index (χ1n) is 6.15. The lowest BCUT2D eigenvalue weighted by Gasteiger charge is -2.58. The second kappa shape index (κ2) is 3.24. The maximum absolute atomic E-state index is 12.0. The summed E-state index contributed by atoms with van der Waals surface area (Å²) in [5.74, 6) is 0.708. The maximum Gasteiger partial charge on any atom is 0.311 e. The summed E-state index contributed by atoms with van der Waals surface area (Å²) in [4.78, 5) is 23.5. The fourth-order valence-corrected chi connectivity index (χ4v) is 4.64. The van der Waals surface area contributed by atoms with Crippen LogP contribution in [0.2, 0.25) is 0 Å². The Morgan fingerprint density at radius 1 is 1.29 bits per heavy atom. The molecule has 4 nitrogen and oxygen atoms in total. The molecule has 0 saturated heterocycles. The van der Waals surface area contributed by atoms with E-state index in [-0.39, 0.29) is 5.97 Å². The second-order valence-corrected chi connectivity index (χ2v) is 6.12. The molecular weight excluding hydrogens is 220 g/mol. The number of esters is 1. The predicted octanol–water partition coefficient (Wildman–Crippen LogP) is 1.79. The van der Waals surface area contributed by atoms with Crippen LogP contribution in [-0.4, -0.2) is 24.2 Å². The van der Waals surface area contributed by atoms with Crippen molar-refractivity contribution in [1.82, 2.24) is 0 Å². The Morgan fingerprint density at radius 3 is 2.53 bits per heavy atom. The number of methoxy groups -OCH3 is 1. The van der Waals surface area contributed by atoms with Crippen molar-refractivity contribution in [2.24, 2.45) is 16.7 Å². The number of hydrogen-bond acceptors (Lipinski definition) is 3. The molecule has 93 valence electrons. The Labute approximate surface area is 100 Å². The Morgan fingerprint density at radius 2 is 1.94 bits per heavy atom. The molecule has 17 heavy (non-hydrogen) atoms. The standard InChI is InChI=1S/C13H17O4/c1-17-11(16)13-5-8-2-9(6-13)4-12(3-8,7-13)10(14)15/h8H,2-7H2,1H3,(H,14,15). The van der Waals surface area contributed by atoms with Gasteiger partial charge in [0.2, 0.25) is 0 Å². The molecule has 1 radical (unpaired) electrons. The number of hydrogen-bond donors (Lipinski definition) is 1. The van der Waals surface area contributed by atoms with Gasteiger partial charge in [0.25, 0.3) is 0 Å². The van der Waals surface area contributed by atoms with Crippen molar-refractivity contribution in [1.29, 1.82) is 0 Å². The van der Waals surface area contributed by atoms with Gasteiger partial charge >= 0.3 is 11.9 Å². The van der Waals surface area contributed by atoms with Gasteiger partial charge in [-0.3, -0.25) is 9.59 Å². The van der Waals surface area contributed by atoms with Crippen molar-refractivity contribution in [3.8, 4) is 0 Å². The number of ether oxygens (including phenoxy) is 1. The van der Waals surface area contributed by atoms with E-state index in [0.29, 0.717) is 18.8 Å². The molecule has 0 aromatic rings. The average Bonchev–Trinajstić information content (AvgIpc) is 2.26. The van der Waals surface area contributed by atoms with Crippen molar-refractivity contribution >= 4 is 11.9 Å². The van der Waals surface area contributed by atoms with Gasteiger partial charge in [-0.15, -0.1) is 0 Å². The molecule has 4 aliphatic carbocycles. The summed E-state index contributed by atoms with van der Waals surface area (Å²) in [6, 6.07) is 0. The number of rotatable bonds is 2. The number of aliphatic carboxylic acids is 1. The normalized spacial score (nSPS) is 43.7. The molecule has 3 unspecified atom stereocenters. The highest BCUT2D eigenvalue weighted by atomic mass is 16.5. The van der Waals surface area contributed by atoms with Crippen molar-refractivity contribution in [3.63, 3.8) is 0 Å². The minimum absolute atomic E-state index is 0.204. The highest BCUT2D eigenvalue weighted by Crippen LogP contribution is 2.66. The quantitative estimate of drug-likeness (QED) is 0.744. The largest absolute Gasteiger partial charge is 0.481 e. The smallest absolute Gasteiger partial charge is 0.311 e. The van der Waals surface area contributed by atoms with E-state index in [0.717, 1.165) is 25.7 Å². The Balaban J connectivity index is 2.00.